The Morgan fingerprint density at radius 2 is 1.97 bits per heavy atom. The Hall–Kier alpha value is -2.94. The molecule has 2 fully saturated rings. The van der Waals surface area contributed by atoms with E-state index in [4.69, 9.17) is 4.74 Å². The van der Waals surface area contributed by atoms with Crippen LogP contribution in [0.4, 0.5) is 5.69 Å². The van der Waals surface area contributed by atoms with Crippen molar-refractivity contribution in [1.82, 2.24) is 15.1 Å². The van der Waals surface area contributed by atoms with E-state index < -0.39 is 12.0 Å². The number of hydrogen-bond donors (Lipinski definition) is 2. The van der Waals surface area contributed by atoms with E-state index >= 15 is 0 Å². The fourth-order valence-corrected chi connectivity index (χ4v) is 3.82. The summed E-state index contributed by atoms with van der Waals surface area (Å²) in [6.07, 6.45) is 2.63. The zero-order valence-electron chi connectivity index (χ0n) is 17.9. The lowest BCUT2D eigenvalue weighted by Crippen LogP contribution is -2.57. The maximum Gasteiger partial charge on any atom is 0.307 e. The third-order valence-corrected chi connectivity index (χ3v) is 5.40. The number of carbonyl (C=O) groups excluding carboxylic acids is 4. The molecule has 3 rings (SSSR count). The second-order valence-electron chi connectivity index (χ2n) is 7.83. The van der Waals surface area contributed by atoms with Gasteiger partial charge in [-0.3, -0.25) is 24.1 Å². The summed E-state index contributed by atoms with van der Waals surface area (Å²) in [6.45, 7) is 4.54. The van der Waals surface area contributed by atoms with Crippen molar-refractivity contribution < 1.29 is 23.9 Å². The molecule has 9 nitrogen and oxygen atoms in total. The van der Waals surface area contributed by atoms with Gasteiger partial charge in [0.1, 0.15) is 6.04 Å². The summed E-state index contributed by atoms with van der Waals surface area (Å²) in [5.74, 6) is -1.09. The van der Waals surface area contributed by atoms with Crippen molar-refractivity contribution in [2.24, 2.45) is 0 Å². The molecule has 0 aliphatic carbocycles. The summed E-state index contributed by atoms with van der Waals surface area (Å²) in [7, 11) is 0. The molecule has 2 aliphatic heterocycles. The number of hydrogen-bond acceptors (Lipinski definition) is 6. The van der Waals surface area contributed by atoms with Gasteiger partial charge >= 0.3 is 5.97 Å². The van der Waals surface area contributed by atoms with E-state index in [1.807, 2.05) is 11.8 Å². The second kappa shape index (κ2) is 10.9. The highest BCUT2D eigenvalue weighted by atomic mass is 16.5. The third kappa shape index (κ3) is 6.27. The Bertz CT molecular complexity index is 822. The van der Waals surface area contributed by atoms with Gasteiger partial charge in [0.05, 0.1) is 19.6 Å². The number of benzene rings is 1. The molecule has 2 heterocycles. The molecule has 0 saturated carbocycles. The van der Waals surface area contributed by atoms with Gasteiger partial charge in [0.25, 0.3) is 5.91 Å². The van der Waals surface area contributed by atoms with Crippen LogP contribution in [0, 0.1) is 0 Å². The lowest BCUT2D eigenvalue weighted by Gasteiger charge is -2.33. The average molecular weight is 431 g/mol. The number of likely N-dealkylation sites (tertiary alicyclic amines) is 1. The van der Waals surface area contributed by atoms with Crippen LogP contribution in [-0.2, 0) is 19.1 Å². The van der Waals surface area contributed by atoms with Crippen LogP contribution in [0.25, 0.3) is 0 Å². The van der Waals surface area contributed by atoms with Crippen molar-refractivity contribution in [3.63, 3.8) is 0 Å². The van der Waals surface area contributed by atoms with Crippen molar-refractivity contribution in [2.75, 3.05) is 44.6 Å². The summed E-state index contributed by atoms with van der Waals surface area (Å²) >= 11 is 0. The van der Waals surface area contributed by atoms with Gasteiger partial charge in [-0.15, -0.1) is 0 Å². The van der Waals surface area contributed by atoms with Crippen molar-refractivity contribution in [3.05, 3.63) is 29.8 Å². The number of rotatable bonds is 8. The molecule has 2 N–H and O–H groups in total. The first-order chi connectivity index (χ1) is 15.0. The number of ether oxygens (including phenoxy) is 1. The van der Waals surface area contributed by atoms with Crippen LogP contribution in [0.2, 0.25) is 0 Å². The van der Waals surface area contributed by atoms with E-state index in [9.17, 15) is 19.2 Å². The number of amides is 3. The summed E-state index contributed by atoms with van der Waals surface area (Å²) in [6, 6.07) is 6.12. The molecular formula is C22H30N4O5. The van der Waals surface area contributed by atoms with Crippen LogP contribution in [0.5, 0.6) is 0 Å². The van der Waals surface area contributed by atoms with Gasteiger partial charge in [0.2, 0.25) is 11.8 Å². The molecule has 9 heteroatoms. The molecule has 0 radical (unpaired) electrons. The fraction of sp³-hybridized carbons (Fsp3) is 0.545. The maximum absolute atomic E-state index is 12.6. The second-order valence-corrected chi connectivity index (χ2v) is 7.83. The first kappa shape index (κ1) is 22.7. The minimum Gasteiger partial charge on any atom is -0.466 e. The number of anilines is 1. The molecule has 0 aromatic heterocycles. The van der Waals surface area contributed by atoms with Gasteiger partial charge in [-0.05, 0) is 37.5 Å². The molecule has 2 aliphatic rings. The van der Waals surface area contributed by atoms with Crippen molar-refractivity contribution in [1.29, 1.82) is 0 Å². The summed E-state index contributed by atoms with van der Waals surface area (Å²) in [5, 5.41) is 5.53. The van der Waals surface area contributed by atoms with E-state index in [0.29, 0.717) is 37.4 Å². The molecule has 31 heavy (non-hydrogen) atoms. The molecule has 2 saturated heterocycles. The molecule has 1 aromatic rings. The van der Waals surface area contributed by atoms with Gasteiger partial charge in [-0.2, -0.15) is 0 Å². The SMILES string of the molecule is CCCOC(=O)CC1C(=O)NCCN1CC(=O)Nc1cccc(C(=O)N2CCCC2)c1. The molecule has 0 spiro atoms. The van der Waals surface area contributed by atoms with Gasteiger partial charge in [-0.25, -0.2) is 0 Å². The van der Waals surface area contributed by atoms with E-state index in [1.54, 1.807) is 29.2 Å². The Kier molecular flexibility index (Phi) is 8.00. The highest BCUT2D eigenvalue weighted by molar-refractivity contribution is 5.98. The highest BCUT2D eigenvalue weighted by Gasteiger charge is 2.33. The van der Waals surface area contributed by atoms with Crippen molar-refractivity contribution in [2.45, 2.75) is 38.6 Å². The quantitative estimate of drug-likeness (QED) is 0.596. The Balaban J connectivity index is 1.59. The van der Waals surface area contributed by atoms with Crippen LogP contribution in [0.3, 0.4) is 0 Å². The first-order valence-corrected chi connectivity index (χ1v) is 10.8. The van der Waals surface area contributed by atoms with Crippen LogP contribution >= 0.6 is 0 Å². The number of carbonyl (C=O) groups is 4. The van der Waals surface area contributed by atoms with Crippen LogP contribution < -0.4 is 10.6 Å². The van der Waals surface area contributed by atoms with E-state index in [2.05, 4.69) is 10.6 Å². The fourth-order valence-electron chi connectivity index (χ4n) is 3.82. The van der Waals surface area contributed by atoms with Crippen molar-refractivity contribution in [3.8, 4) is 0 Å². The van der Waals surface area contributed by atoms with Crippen molar-refractivity contribution >= 4 is 29.4 Å². The summed E-state index contributed by atoms with van der Waals surface area (Å²) < 4.78 is 5.09. The number of nitrogens with zero attached hydrogens (tertiary/aromatic N) is 2. The largest absolute Gasteiger partial charge is 0.466 e. The molecule has 3 amide bonds. The Labute approximate surface area is 182 Å². The zero-order valence-corrected chi connectivity index (χ0v) is 17.9. The smallest absolute Gasteiger partial charge is 0.307 e. The predicted octanol–water partition coefficient (Wildman–Crippen LogP) is 1.00. The van der Waals surface area contributed by atoms with Crippen LogP contribution in [-0.4, -0.2) is 78.9 Å². The highest BCUT2D eigenvalue weighted by Crippen LogP contribution is 2.17. The normalized spacial score (nSPS) is 19.1. The topological polar surface area (TPSA) is 108 Å². The average Bonchev–Trinajstić information content (AvgIpc) is 3.29. The minimum absolute atomic E-state index is 0.0352. The molecule has 1 atom stereocenters. The van der Waals surface area contributed by atoms with Crippen LogP contribution in [0.1, 0.15) is 43.0 Å². The lowest BCUT2D eigenvalue weighted by molar-refractivity contribution is -0.148. The number of piperazine rings is 1. The van der Waals surface area contributed by atoms with Gasteiger partial charge in [0, 0.05) is 37.4 Å². The molecule has 1 unspecified atom stereocenters. The van der Waals surface area contributed by atoms with Gasteiger partial charge < -0.3 is 20.3 Å². The zero-order chi connectivity index (χ0) is 22.2. The minimum atomic E-state index is -0.744. The van der Waals surface area contributed by atoms with E-state index in [-0.39, 0.29) is 30.7 Å². The standard InChI is InChI=1S/C22H30N4O5/c1-2-12-31-20(28)14-18-21(29)23-8-11-26(18)15-19(27)24-17-7-5-6-16(13-17)22(30)25-9-3-4-10-25/h5-7,13,18H,2-4,8-12,14-15H2,1H3,(H,23,29)(H,24,27). The Morgan fingerprint density at radius 1 is 1.19 bits per heavy atom. The maximum atomic E-state index is 12.6. The predicted molar refractivity (Wildman–Crippen MR) is 114 cm³/mol. The van der Waals surface area contributed by atoms with Gasteiger partial charge in [-0.1, -0.05) is 13.0 Å². The molecule has 168 valence electrons. The first-order valence-electron chi connectivity index (χ1n) is 10.8. The summed E-state index contributed by atoms with van der Waals surface area (Å²) in [5.41, 5.74) is 1.06. The van der Waals surface area contributed by atoms with E-state index in [1.165, 1.54) is 0 Å². The lowest BCUT2D eigenvalue weighted by atomic mass is 10.1. The molecular weight excluding hydrogens is 400 g/mol. The van der Waals surface area contributed by atoms with Gasteiger partial charge in [0.15, 0.2) is 0 Å². The van der Waals surface area contributed by atoms with E-state index in [0.717, 1.165) is 25.9 Å². The summed E-state index contributed by atoms with van der Waals surface area (Å²) in [4.78, 5) is 53.0. The molecule has 0 bridgehead atoms. The molecule has 1 aromatic carbocycles. The number of nitrogens with one attached hydrogen (secondary N) is 2. The third-order valence-electron chi connectivity index (χ3n) is 5.40. The number of esters is 1. The Morgan fingerprint density at radius 3 is 2.71 bits per heavy atom. The van der Waals surface area contributed by atoms with Crippen LogP contribution in [0.15, 0.2) is 24.3 Å². The monoisotopic (exact) mass is 430 g/mol.